The molecule has 0 N–H and O–H groups in total. The predicted octanol–water partition coefficient (Wildman–Crippen LogP) is 6.87. The summed E-state index contributed by atoms with van der Waals surface area (Å²) in [5, 5.41) is 2.47. The quantitative estimate of drug-likeness (QED) is 0.478. The van der Waals surface area contributed by atoms with Gasteiger partial charge in [-0.2, -0.15) is 0 Å². The summed E-state index contributed by atoms with van der Waals surface area (Å²) in [7, 11) is 0. The van der Waals surface area contributed by atoms with Gasteiger partial charge in [-0.3, -0.25) is 4.79 Å². The van der Waals surface area contributed by atoms with Gasteiger partial charge in [0.1, 0.15) is 6.10 Å². The molecule has 2 aromatic carbocycles. The second-order valence-corrected chi connectivity index (χ2v) is 8.57. The average Bonchev–Trinajstić information content (AvgIpc) is 2.62. The van der Waals surface area contributed by atoms with Crippen LogP contribution in [0.25, 0.3) is 16.8 Å². The second-order valence-electron chi connectivity index (χ2n) is 8.57. The highest BCUT2D eigenvalue weighted by Crippen LogP contribution is 2.37. The summed E-state index contributed by atoms with van der Waals surface area (Å²) in [6, 6.07) is 10.8. The summed E-state index contributed by atoms with van der Waals surface area (Å²) in [6.07, 6.45) is 8.67. The number of rotatable bonds is 8. The van der Waals surface area contributed by atoms with Crippen LogP contribution in [0.3, 0.4) is 0 Å². The molecule has 0 fully saturated rings. The maximum atomic E-state index is 12.3. The van der Waals surface area contributed by atoms with Crippen molar-refractivity contribution in [1.29, 1.82) is 0 Å². The predicted molar refractivity (Wildman–Crippen MR) is 114 cm³/mol. The van der Waals surface area contributed by atoms with Gasteiger partial charge in [-0.1, -0.05) is 70.5 Å². The van der Waals surface area contributed by atoms with Gasteiger partial charge in [0.15, 0.2) is 0 Å². The van der Waals surface area contributed by atoms with Gasteiger partial charge in [-0.15, -0.1) is 0 Å². The van der Waals surface area contributed by atoms with Crippen LogP contribution in [0, 0.1) is 11.8 Å². The Hall–Kier alpha value is -2.09. The molecule has 1 aliphatic carbocycles. The fraction of sp³-hybridized carbons (Fsp3) is 0.480. The van der Waals surface area contributed by atoms with Crippen molar-refractivity contribution in [3.63, 3.8) is 0 Å². The second kappa shape index (κ2) is 8.73. The van der Waals surface area contributed by atoms with Crippen LogP contribution < -0.4 is 0 Å². The molecule has 144 valence electrons. The number of hydrogen-bond acceptors (Lipinski definition) is 2. The van der Waals surface area contributed by atoms with Crippen LogP contribution in [0.1, 0.15) is 76.2 Å². The van der Waals surface area contributed by atoms with Crippen LogP contribution in [-0.4, -0.2) is 5.97 Å². The highest BCUT2D eigenvalue weighted by atomic mass is 16.5. The van der Waals surface area contributed by atoms with E-state index in [1.807, 2.05) is 0 Å². The fourth-order valence-electron chi connectivity index (χ4n) is 3.81. The minimum Gasteiger partial charge on any atom is -0.453 e. The van der Waals surface area contributed by atoms with Gasteiger partial charge in [-0.25, -0.2) is 0 Å². The van der Waals surface area contributed by atoms with Crippen LogP contribution in [0.15, 0.2) is 36.4 Å². The lowest BCUT2D eigenvalue weighted by molar-refractivity contribution is -0.147. The zero-order valence-corrected chi connectivity index (χ0v) is 17.1. The van der Waals surface area contributed by atoms with Crippen molar-refractivity contribution in [2.24, 2.45) is 11.8 Å². The zero-order chi connectivity index (χ0) is 19.4. The van der Waals surface area contributed by atoms with E-state index in [0.717, 1.165) is 24.8 Å². The first-order chi connectivity index (χ1) is 13.0. The molecule has 0 spiro atoms. The summed E-state index contributed by atoms with van der Waals surface area (Å²) in [4.78, 5) is 12.3. The lowest BCUT2D eigenvalue weighted by atomic mass is 9.86. The summed E-state index contributed by atoms with van der Waals surface area (Å²) in [5.41, 5.74) is 3.81. The first-order valence-corrected chi connectivity index (χ1v) is 10.4. The monoisotopic (exact) mass is 364 g/mol. The molecule has 2 aromatic rings. The Balaban J connectivity index is 1.82. The SMILES string of the molecule is CC(C)CCCC(=O)OC1C=Cc2c(CCC(C)C)ccc3cccc1c23. The van der Waals surface area contributed by atoms with Crippen LogP contribution in [-0.2, 0) is 16.0 Å². The van der Waals surface area contributed by atoms with Gasteiger partial charge < -0.3 is 4.74 Å². The Morgan fingerprint density at radius 1 is 1.04 bits per heavy atom. The number of aryl methyl sites for hydroxylation is 1. The molecule has 3 rings (SSSR count). The van der Waals surface area contributed by atoms with Crippen molar-refractivity contribution < 1.29 is 9.53 Å². The van der Waals surface area contributed by atoms with Crippen LogP contribution in [0.4, 0.5) is 0 Å². The van der Waals surface area contributed by atoms with E-state index in [0.29, 0.717) is 18.3 Å². The molecular weight excluding hydrogens is 332 g/mol. The first kappa shape index (κ1) is 19.7. The largest absolute Gasteiger partial charge is 0.453 e. The third-order valence-corrected chi connectivity index (χ3v) is 5.36. The summed E-state index contributed by atoms with van der Waals surface area (Å²) in [5.74, 6) is 1.22. The molecule has 0 amide bonds. The fourth-order valence-corrected chi connectivity index (χ4v) is 3.81. The first-order valence-electron chi connectivity index (χ1n) is 10.4. The van der Waals surface area contributed by atoms with E-state index in [9.17, 15) is 4.79 Å². The van der Waals surface area contributed by atoms with E-state index in [1.165, 1.54) is 28.3 Å². The van der Waals surface area contributed by atoms with E-state index in [1.54, 1.807) is 0 Å². The summed E-state index contributed by atoms with van der Waals surface area (Å²) < 4.78 is 5.83. The lowest BCUT2D eigenvalue weighted by Gasteiger charge is -2.23. The number of carbonyl (C=O) groups is 1. The van der Waals surface area contributed by atoms with Gasteiger partial charge in [0.05, 0.1) is 0 Å². The third kappa shape index (κ3) is 4.80. The molecule has 1 atom stereocenters. The van der Waals surface area contributed by atoms with Gasteiger partial charge in [0, 0.05) is 12.0 Å². The molecule has 0 saturated carbocycles. The van der Waals surface area contributed by atoms with E-state index >= 15 is 0 Å². The van der Waals surface area contributed by atoms with E-state index < -0.39 is 0 Å². The van der Waals surface area contributed by atoms with Crippen LogP contribution >= 0.6 is 0 Å². The highest BCUT2D eigenvalue weighted by Gasteiger charge is 2.22. The lowest BCUT2D eigenvalue weighted by Crippen LogP contribution is -2.12. The van der Waals surface area contributed by atoms with Crippen molar-refractivity contribution in [3.05, 3.63) is 53.1 Å². The number of ether oxygens (including phenoxy) is 1. The smallest absolute Gasteiger partial charge is 0.306 e. The Morgan fingerprint density at radius 2 is 1.81 bits per heavy atom. The molecular formula is C25H32O2. The Bertz CT molecular complexity index is 830. The van der Waals surface area contributed by atoms with Crippen molar-refractivity contribution in [2.45, 2.75) is 65.9 Å². The molecule has 0 aliphatic heterocycles. The van der Waals surface area contributed by atoms with Gasteiger partial charge >= 0.3 is 5.97 Å². The van der Waals surface area contributed by atoms with Crippen molar-refractivity contribution in [3.8, 4) is 0 Å². The summed E-state index contributed by atoms with van der Waals surface area (Å²) in [6.45, 7) is 8.90. The van der Waals surface area contributed by atoms with Gasteiger partial charge in [-0.05, 0) is 59.1 Å². The van der Waals surface area contributed by atoms with E-state index in [-0.39, 0.29) is 12.1 Å². The minimum absolute atomic E-state index is 0.0956. The average molecular weight is 365 g/mol. The maximum absolute atomic E-state index is 12.3. The molecule has 0 bridgehead atoms. The van der Waals surface area contributed by atoms with E-state index in [2.05, 4.69) is 70.2 Å². The molecule has 0 heterocycles. The topological polar surface area (TPSA) is 26.3 Å². The third-order valence-electron chi connectivity index (χ3n) is 5.36. The molecule has 0 saturated heterocycles. The number of hydrogen-bond donors (Lipinski definition) is 0. The molecule has 27 heavy (non-hydrogen) atoms. The van der Waals surface area contributed by atoms with Crippen LogP contribution in [0.5, 0.6) is 0 Å². The molecule has 0 radical (unpaired) electrons. The van der Waals surface area contributed by atoms with Crippen molar-refractivity contribution >= 4 is 22.8 Å². The van der Waals surface area contributed by atoms with Gasteiger partial charge in [0.2, 0.25) is 0 Å². The maximum Gasteiger partial charge on any atom is 0.306 e. The highest BCUT2D eigenvalue weighted by molar-refractivity contribution is 5.97. The Kier molecular flexibility index (Phi) is 6.36. The molecule has 1 aliphatic rings. The number of carbonyl (C=O) groups excluding carboxylic acids is 1. The number of esters is 1. The molecule has 1 unspecified atom stereocenters. The van der Waals surface area contributed by atoms with Crippen molar-refractivity contribution in [2.75, 3.05) is 0 Å². The standard InChI is InChI=1S/C25H32O2/c1-17(2)7-5-10-24(26)27-23-16-15-21-19(12-11-18(3)4)13-14-20-8-6-9-22(23)25(20)21/h6,8-9,13-18,23H,5,7,10-12H2,1-4H3. The minimum atomic E-state index is -0.270. The zero-order valence-electron chi connectivity index (χ0n) is 17.1. The van der Waals surface area contributed by atoms with Crippen LogP contribution in [0.2, 0.25) is 0 Å². The molecule has 0 aromatic heterocycles. The Morgan fingerprint density at radius 3 is 2.56 bits per heavy atom. The van der Waals surface area contributed by atoms with Crippen molar-refractivity contribution in [1.82, 2.24) is 0 Å². The summed E-state index contributed by atoms with van der Waals surface area (Å²) >= 11 is 0. The molecule has 2 heteroatoms. The molecule has 2 nitrogen and oxygen atoms in total. The van der Waals surface area contributed by atoms with E-state index in [4.69, 9.17) is 4.74 Å². The number of benzene rings is 2. The van der Waals surface area contributed by atoms with Gasteiger partial charge in [0.25, 0.3) is 0 Å². The normalized spacial score (nSPS) is 15.7. The Labute approximate surface area is 163 Å².